The first-order chi connectivity index (χ1) is 5.29. The van der Waals surface area contributed by atoms with Gasteiger partial charge in [-0.25, -0.2) is 0 Å². The molecule has 1 heterocycles. The van der Waals surface area contributed by atoms with E-state index < -0.39 is 0 Å². The van der Waals surface area contributed by atoms with E-state index in [0.29, 0.717) is 5.15 Å². The molecule has 0 saturated carbocycles. The van der Waals surface area contributed by atoms with Gasteiger partial charge >= 0.3 is 0 Å². The second-order valence-corrected chi connectivity index (χ2v) is 3.71. The number of fused-ring (bicyclic) bond motifs is 1. The number of H-pyrrole nitrogens is 1. The fraction of sp³-hybridized carbons (Fsp3) is 0. The summed E-state index contributed by atoms with van der Waals surface area (Å²) in [5.74, 6) is 0. The summed E-state index contributed by atoms with van der Waals surface area (Å²) in [5, 5.41) is 8.37. The third kappa shape index (κ3) is 1.12. The maximum atomic E-state index is 5.86. The Morgan fingerprint density at radius 2 is 2.27 bits per heavy atom. The smallest absolute Gasteiger partial charge is 0.133 e. The Hall–Kier alpha value is -0.290. The maximum Gasteiger partial charge on any atom is 0.133 e. The van der Waals surface area contributed by atoms with Crippen LogP contribution in [0.25, 0.3) is 10.9 Å². The highest BCUT2D eigenvalue weighted by Gasteiger charge is 2.04. The van der Waals surface area contributed by atoms with E-state index in [1.807, 2.05) is 18.2 Å². The van der Waals surface area contributed by atoms with Crippen molar-refractivity contribution in [1.82, 2.24) is 10.2 Å². The summed E-state index contributed by atoms with van der Waals surface area (Å²) in [7, 11) is 0. The highest BCUT2D eigenvalue weighted by Crippen LogP contribution is 2.24. The van der Waals surface area contributed by atoms with Gasteiger partial charge in [-0.15, -0.1) is 0 Å². The number of hydrogen-bond acceptors (Lipinski definition) is 1. The van der Waals surface area contributed by atoms with Crippen LogP contribution < -0.4 is 0 Å². The van der Waals surface area contributed by atoms with Crippen molar-refractivity contribution in [3.8, 4) is 0 Å². The van der Waals surface area contributed by atoms with E-state index in [1.165, 1.54) is 0 Å². The molecule has 2 nitrogen and oxygen atoms in total. The highest BCUT2D eigenvalue weighted by molar-refractivity contribution is 14.1. The van der Waals surface area contributed by atoms with Gasteiger partial charge in [0.25, 0.3) is 0 Å². The van der Waals surface area contributed by atoms with E-state index >= 15 is 0 Å². The molecule has 1 aromatic heterocycles. The van der Waals surface area contributed by atoms with Crippen molar-refractivity contribution >= 4 is 45.1 Å². The van der Waals surface area contributed by atoms with Gasteiger partial charge in [0.15, 0.2) is 0 Å². The van der Waals surface area contributed by atoms with Crippen LogP contribution in [0, 0.1) is 3.57 Å². The predicted octanol–water partition coefficient (Wildman–Crippen LogP) is 2.82. The molecule has 0 aliphatic heterocycles. The van der Waals surface area contributed by atoms with E-state index in [0.717, 1.165) is 14.5 Å². The zero-order valence-electron chi connectivity index (χ0n) is 5.44. The summed E-state index contributed by atoms with van der Waals surface area (Å²) in [6, 6.07) is 5.89. The fourth-order valence-electron chi connectivity index (χ4n) is 0.988. The molecule has 0 amide bonds. The van der Waals surface area contributed by atoms with Gasteiger partial charge in [0.1, 0.15) is 5.15 Å². The number of aromatic nitrogens is 2. The summed E-state index contributed by atoms with van der Waals surface area (Å²) in [4.78, 5) is 0. The van der Waals surface area contributed by atoms with Crippen LogP contribution in [0.2, 0.25) is 5.15 Å². The average molecular weight is 278 g/mol. The molecule has 56 valence electrons. The van der Waals surface area contributed by atoms with E-state index in [9.17, 15) is 0 Å². The first-order valence-electron chi connectivity index (χ1n) is 3.07. The molecule has 2 aromatic rings. The Morgan fingerprint density at radius 3 is 3.00 bits per heavy atom. The summed E-state index contributed by atoms with van der Waals surface area (Å²) in [6.07, 6.45) is 0. The number of benzene rings is 1. The minimum atomic E-state index is 0.616. The number of hydrogen-bond donors (Lipinski definition) is 1. The number of nitrogens with one attached hydrogen (secondary N) is 1. The van der Waals surface area contributed by atoms with Gasteiger partial charge in [0, 0.05) is 3.57 Å². The molecule has 0 aliphatic rings. The number of aromatic amines is 1. The van der Waals surface area contributed by atoms with Gasteiger partial charge in [0.2, 0.25) is 0 Å². The van der Waals surface area contributed by atoms with Crippen molar-refractivity contribution in [2.75, 3.05) is 0 Å². The molecule has 0 unspecified atom stereocenters. The normalized spacial score (nSPS) is 10.7. The molecule has 2 rings (SSSR count). The van der Waals surface area contributed by atoms with Crippen LogP contribution in [0.1, 0.15) is 0 Å². The molecule has 0 bridgehead atoms. The zero-order valence-corrected chi connectivity index (χ0v) is 8.35. The van der Waals surface area contributed by atoms with E-state index in [4.69, 9.17) is 11.6 Å². The standard InChI is InChI=1S/C7H4ClIN2/c8-7-6-4(9)2-1-3-5(6)10-11-7/h1-3H,(H,10,11). The van der Waals surface area contributed by atoms with E-state index in [-0.39, 0.29) is 0 Å². The minimum Gasteiger partial charge on any atom is -0.266 e. The Morgan fingerprint density at radius 1 is 1.45 bits per heavy atom. The largest absolute Gasteiger partial charge is 0.266 e. The highest BCUT2D eigenvalue weighted by atomic mass is 127. The Bertz CT molecular complexity index is 396. The lowest BCUT2D eigenvalue weighted by atomic mass is 10.3. The van der Waals surface area contributed by atoms with Crippen molar-refractivity contribution < 1.29 is 0 Å². The van der Waals surface area contributed by atoms with Crippen LogP contribution in [0.4, 0.5) is 0 Å². The molecule has 0 aliphatic carbocycles. The molecular formula is C7H4ClIN2. The second kappa shape index (κ2) is 2.64. The van der Waals surface area contributed by atoms with Crippen molar-refractivity contribution in [3.05, 3.63) is 26.9 Å². The molecule has 4 heteroatoms. The quantitative estimate of drug-likeness (QED) is 0.738. The number of halogens is 2. The Kier molecular flexibility index (Phi) is 1.77. The zero-order chi connectivity index (χ0) is 7.84. The molecular weight excluding hydrogens is 274 g/mol. The number of rotatable bonds is 0. The second-order valence-electron chi connectivity index (χ2n) is 2.17. The summed E-state index contributed by atoms with van der Waals surface area (Å²) < 4.78 is 1.12. The third-order valence-corrected chi connectivity index (χ3v) is 2.66. The van der Waals surface area contributed by atoms with Gasteiger partial charge in [-0.05, 0) is 34.7 Å². The van der Waals surface area contributed by atoms with Gasteiger partial charge < -0.3 is 0 Å². The van der Waals surface area contributed by atoms with Crippen LogP contribution in [-0.4, -0.2) is 10.2 Å². The summed E-state index contributed by atoms with van der Waals surface area (Å²) in [5.41, 5.74) is 0.918. The lowest BCUT2D eigenvalue weighted by Crippen LogP contribution is -1.71. The van der Waals surface area contributed by atoms with Crippen LogP contribution in [0.3, 0.4) is 0 Å². The molecule has 0 spiro atoms. The SMILES string of the molecule is Clc1[nH]nc2cccc(I)c12. The van der Waals surface area contributed by atoms with Gasteiger partial charge in [-0.3, -0.25) is 5.10 Å². The van der Waals surface area contributed by atoms with Crippen LogP contribution in [0.15, 0.2) is 18.2 Å². The number of nitrogens with zero attached hydrogens (tertiary/aromatic N) is 1. The van der Waals surface area contributed by atoms with Crippen LogP contribution in [0.5, 0.6) is 0 Å². The summed E-state index contributed by atoms with van der Waals surface area (Å²) >= 11 is 8.09. The maximum absolute atomic E-state index is 5.86. The molecule has 11 heavy (non-hydrogen) atoms. The molecule has 0 atom stereocenters. The predicted molar refractivity (Wildman–Crippen MR) is 53.8 cm³/mol. The topological polar surface area (TPSA) is 28.7 Å². The first-order valence-corrected chi connectivity index (χ1v) is 4.53. The molecule has 1 N–H and O–H groups in total. The monoisotopic (exact) mass is 278 g/mol. The lowest BCUT2D eigenvalue weighted by molar-refractivity contribution is 1.12. The lowest BCUT2D eigenvalue weighted by Gasteiger charge is -1.90. The van der Waals surface area contributed by atoms with E-state index in [2.05, 4.69) is 32.8 Å². The first kappa shape index (κ1) is 7.36. The average Bonchev–Trinajstić information content (AvgIpc) is 2.34. The Balaban J connectivity index is 2.96. The molecule has 0 saturated heterocycles. The van der Waals surface area contributed by atoms with Crippen molar-refractivity contribution in [3.63, 3.8) is 0 Å². The fourth-order valence-corrected chi connectivity index (χ4v) is 2.14. The van der Waals surface area contributed by atoms with Crippen molar-refractivity contribution in [2.24, 2.45) is 0 Å². The third-order valence-electron chi connectivity index (χ3n) is 1.49. The van der Waals surface area contributed by atoms with E-state index in [1.54, 1.807) is 0 Å². The van der Waals surface area contributed by atoms with Gasteiger partial charge in [0.05, 0.1) is 10.9 Å². The minimum absolute atomic E-state index is 0.616. The van der Waals surface area contributed by atoms with Crippen molar-refractivity contribution in [2.45, 2.75) is 0 Å². The molecule has 0 fully saturated rings. The molecule has 1 aromatic carbocycles. The molecule has 0 radical (unpaired) electrons. The van der Waals surface area contributed by atoms with Gasteiger partial charge in [-0.1, -0.05) is 17.7 Å². The Labute approximate surface area is 82.1 Å². The summed E-state index contributed by atoms with van der Waals surface area (Å²) in [6.45, 7) is 0. The van der Waals surface area contributed by atoms with Crippen LogP contribution >= 0.6 is 34.2 Å². The van der Waals surface area contributed by atoms with Crippen molar-refractivity contribution in [1.29, 1.82) is 0 Å². The van der Waals surface area contributed by atoms with Crippen LogP contribution in [-0.2, 0) is 0 Å². The van der Waals surface area contributed by atoms with Gasteiger partial charge in [-0.2, -0.15) is 5.10 Å².